The second-order valence-corrected chi connectivity index (χ2v) is 8.18. The van der Waals surface area contributed by atoms with Crippen molar-refractivity contribution in [1.82, 2.24) is 24.8 Å². The van der Waals surface area contributed by atoms with Gasteiger partial charge in [-0.2, -0.15) is 0 Å². The normalized spacial score (nSPS) is 14.4. The molecule has 3 aromatic rings. The zero-order valence-corrected chi connectivity index (χ0v) is 20.9. The Morgan fingerprint density at radius 2 is 1.86 bits per heavy atom. The molecule has 0 spiro atoms. The first-order valence-electron chi connectivity index (χ1n) is 12.3. The summed E-state index contributed by atoms with van der Waals surface area (Å²) < 4.78 is 28.5. The van der Waals surface area contributed by atoms with E-state index in [-0.39, 0.29) is 6.61 Å². The van der Waals surface area contributed by atoms with Gasteiger partial charge in [0.15, 0.2) is 5.82 Å². The van der Waals surface area contributed by atoms with Gasteiger partial charge in [0, 0.05) is 38.9 Å². The SMILES string of the molecule is CCOC(OCC)c1ncc(N)c(COc2ncnc3cc(OCCCN4CCOCC4)ccc23)n1. The van der Waals surface area contributed by atoms with Crippen LogP contribution in [-0.4, -0.2) is 77.5 Å². The predicted octanol–water partition coefficient (Wildman–Crippen LogP) is 2.75. The first kappa shape index (κ1) is 26.0. The summed E-state index contributed by atoms with van der Waals surface area (Å²) in [4.78, 5) is 19.8. The summed E-state index contributed by atoms with van der Waals surface area (Å²) in [7, 11) is 0. The summed E-state index contributed by atoms with van der Waals surface area (Å²) in [6, 6.07) is 5.70. The van der Waals surface area contributed by atoms with Crippen LogP contribution in [0.1, 0.15) is 38.1 Å². The minimum Gasteiger partial charge on any atom is -0.493 e. The van der Waals surface area contributed by atoms with E-state index in [9.17, 15) is 0 Å². The van der Waals surface area contributed by atoms with Gasteiger partial charge in [0.2, 0.25) is 12.2 Å². The smallest absolute Gasteiger partial charge is 0.224 e. The minimum atomic E-state index is -0.661. The number of nitrogens with zero attached hydrogens (tertiary/aromatic N) is 5. The van der Waals surface area contributed by atoms with Crippen molar-refractivity contribution >= 4 is 16.6 Å². The van der Waals surface area contributed by atoms with E-state index < -0.39 is 6.29 Å². The third-order valence-corrected chi connectivity index (χ3v) is 5.67. The van der Waals surface area contributed by atoms with E-state index >= 15 is 0 Å². The van der Waals surface area contributed by atoms with Crippen LogP contribution in [0.3, 0.4) is 0 Å². The molecule has 2 aromatic heterocycles. The number of morpholine rings is 1. The molecule has 0 bridgehead atoms. The van der Waals surface area contributed by atoms with Crippen LogP contribution in [0.5, 0.6) is 11.6 Å². The molecule has 1 aliphatic heterocycles. The number of aromatic nitrogens is 4. The lowest BCUT2D eigenvalue weighted by atomic mass is 10.2. The number of fused-ring (bicyclic) bond motifs is 1. The van der Waals surface area contributed by atoms with E-state index in [1.165, 1.54) is 12.5 Å². The highest BCUT2D eigenvalue weighted by Crippen LogP contribution is 2.26. The third kappa shape index (κ3) is 6.97. The van der Waals surface area contributed by atoms with E-state index in [4.69, 9.17) is 29.4 Å². The number of ether oxygens (including phenoxy) is 5. The number of anilines is 1. The van der Waals surface area contributed by atoms with Crippen LogP contribution in [-0.2, 0) is 20.8 Å². The Bertz CT molecular complexity index is 1110. The van der Waals surface area contributed by atoms with Gasteiger partial charge < -0.3 is 29.4 Å². The first-order chi connectivity index (χ1) is 17.7. The molecule has 0 radical (unpaired) electrons. The fourth-order valence-corrected chi connectivity index (χ4v) is 3.83. The Morgan fingerprint density at radius 3 is 2.64 bits per heavy atom. The van der Waals surface area contributed by atoms with Gasteiger partial charge in [0.05, 0.1) is 42.6 Å². The lowest BCUT2D eigenvalue weighted by Gasteiger charge is -2.26. The first-order valence-corrected chi connectivity index (χ1v) is 12.3. The van der Waals surface area contributed by atoms with Crippen molar-refractivity contribution in [2.45, 2.75) is 33.2 Å². The Morgan fingerprint density at radius 1 is 1.06 bits per heavy atom. The molecule has 11 nitrogen and oxygen atoms in total. The van der Waals surface area contributed by atoms with Crippen LogP contribution < -0.4 is 15.2 Å². The molecule has 3 heterocycles. The van der Waals surface area contributed by atoms with Crippen LogP contribution in [0.4, 0.5) is 5.69 Å². The molecule has 2 N–H and O–H groups in total. The van der Waals surface area contributed by atoms with Gasteiger partial charge in [-0.05, 0) is 32.4 Å². The quantitative estimate of drug-likeness (QED) is 0.276. The predicted molar refractivity (Wildman–Crippen MR) is 134 cm³/mol. The summed E-state index contributed by atoms with van der Waals surface area (Å²) in [5, 5.41) is 0.771. The number of nitrogen functional groups attached to an aromatic ring is 1. The lowest BCUT2D eigenvalue weighted by Crippen LogP contribution is -2.37. The van der Waals surface area contributed by atoms with Crippen molar-refractivity contribution in [1.29, 1.82) is 0 Å². The largest absolute Gasteiger partial charge is 0.493 e. The maximum absolute atomic E-state index is 6.09. The number of hydrogen-bond acceptors (Lipinski definition) is 11. The van der Waals surface area contributed by atoms with Crippen molar-refractivity contribution in [2.24, 2.45) is 0 Å². The molecule has 36 heavy (non-hydrogen) atoms. The van der Waals surface area contributed by atoms with Gasteiger partial charge in [-0.1, -0.05) is 0 Å². The van der Waals surface area contributed by atoms with Crippen molar-refractivity contribution < 1.29 is 23.7 Å². The molecule has 0 aliphatic carbocycles. The fraction of sp³-hybridized carbons (Fsp3) is 0.520. The second kappa shape index (κ2) is 13.3. The molecular formula is C25H34N6O5. The van der Waals surface area contributed by atoms with E-state index in [1.54, 1.807) is 0 Å². The number of benzene rings is 1. The van der Waals surface area contributed by atoms with Crippen LogP contribution >= 0.6 is 0 Å². The Hall–Kier alpha value is -3.12. The highest BCUT2D eigenvalue weighted by molar-refractivity contribution is 5.84. The van der Waals surface area contributed by atoms with Crippen molar-refractivity contribution in [2.75, 3.05) is 58.4 Å². The molecule has 194 valence electrons. The van der Waals surface area contributed by atoms with Gasteiger partial charge in [0.25, 0.3) is 0 Å². The highest BCUT2D eigenvalue weighted by atomic mass is 16.7. The summed E-state index contributed by atoms with van der Waals surface area (Å²) in [6.07, 6.45) is 3.29. The molecule has 11 heteroatoms. The lowest BCUT2D eigenvalue weighted by molar-refractivity contribution is -0.145. The van der Waals surface area contributed by atoms with Crippen LogP contribution in [0, 0.1) is 0 Å². The van der Waals surface area contributed by atoms with Gasteiger partial charge in [0.1, 0.15) is 24.4 Å². The molecule has 1 fully saturated rings. The number of hydrogen-bond donors (Lipinski definition) is 1. The zero-order valence-electron chi connectivity index (χ0n) is 20.9. The van der Waals surface area contributed by atoms with Gasteiger partial charge >= 0.3 is 0 Å². The maximum atomic E-state index is 6.09. The van der Waals surface area contributed by atoms with Gasteiger partial charge in [-0.3, -0.25) is 4.90 Å². The van der Waals surface area contributed by atoms with Crippen LogP contribution in [0.25, 0.3) is 10.9 Å². The molecule has 1 aromatic carbocycles. The summed E-state index contributed by atoms with van der Waals surface area (Å²) in [5.41, 5.74) is 7.76. The van der Waals surface area contributed by atoms with E-state index in [0.29, 0.717) is 42.9 Å². The minimum absolute atomic E-state index is 0.109. The Kier molecular flexibility index (Phi) is 9.56. The van der Waals surface area contributed by atoms with E-state index in [1.807, 2.05) is 32.0 Å². The van der Waals surface area contributed by atoms with Crippen LogP contribution in [0.2, 0.25) is 0 Å². The highest BCUT2D eigenvalue weighted by Gasteiger charge is 2.17. The molecule has 0 unspecified atom stereocenters. The fourth-order valence-electron chi connectivity index (χ4n) is 3.83. The summed E-state index contributed by atoms with van der Waals surface area (Å²) in [5.74, 6) is 1.59. The van der Waals surface area contributed by atoms with E-state index in [2.05, 4.69) is 24.8 Å². The topological polar surface area (TPSA) is 127 Å². The van der Waals surface area contributed by atoms with Crippen molar-refractivity contribution in [3.63, 3.8) is 0 Å². The van der Waals surface area contributed by atoms with Crippen molar-refractivity contribution in [3.8, 4) is 11.6 Å². The summed E-state index contributed by atoms with van der Waals surface area (Å²) >= 11 is 0. The number of rotatable bonds is 13. The Balaban J connectivity index is 1.38. The van der Waals surface area contributed by atoms with E-state index in [0.717, 1.165) is 55.9 Å². The monoisotopic (exact) mass is 498 g/mol. The zero-order chi connectivity index (χ0) is 25.2. The maximum Gasteiger partial charge on any atom is 0.224 e. The molecule has 0 amide bonds. The van der Waals surface area contributed by atoms with Gasteiger partial charge in [-0.15, -0.1) is 0 Å². The Labute approximate surface area is 210 Å². The number of nitrogens with two attached hydrogens (primary N) is 1. The molecular weight excluding hydrogens is 464 g/mol. The average molecular weight is 499 g/mol. The van der Waals surface area contributed by atoms with Crippen molar-refractivity contribution in [3.05, 3.63) is 42.2 Å². The third-order valence-electron chi connectivity index (χ3n) is 5.67. The molecule has 1 aliphatic rings. The molecule has 0 atom stereocenters. The second-order valence-electron chi connectivity index (χ2n) is 8.18. The standard InChI is InChI=1S/C25H34N6O5/c1-3-33-25(34-4-2)23-27-15-20(26)22(30-23)16-36-24-19-7-6-18(14-21(19)28-17-29-24)35-11-5-8-31-9-12-32-13-10-31/h6-7,14-15,17,25H,3-5,8-13,16,26H2,1-2H3. The summed E-state index contributed by atoms with van der Waals surface area (Å²) in [6.45, 7) is 10.0. The molecule has 0 saturated carbocycles. The molecule has 1 saturated heterocycles. The van der Waals surface area contributed by atoms with Gasteiger partial charge in [-0.25, -0.2) is 19.9 Å². The average Bonchev–Trinajstić information content (AvgIpc) is 2.91. The molecule has 4 rings (SSSR count). The van der Waals surface area contributed by atoms with Crippen LogP contribution in [0.15, 0.2) is 30.7 Å².